The topological polar surface area (TPSA) is 64.7 Å². The van der Waals surface area contributed by atoms with Gasteiger partial charge in [0.25, 0.3) is 5.69 Å². The first-order valence-electron chi connectivity index (χ1n) is 4.28. The van der Waals surface area contributed by atoms with E-state index >= 15 is 0 Å². The maximum atomic E-state index is 10.4. The van der Waals surface area contributed by atoms with E-state index in [0.717, 1.165) is 17.7 Å². The van der Waals surface area contributed by atoms with Gasteiger partial charge in [-0.1, -0.05) is 5.16 Å². The molecule has 0 spiro atoms. The molecule has 1 aliphatic heterocycles. The molecule has 2 rings (SSSR count). The molecule has 1 atom stereocenters. The van der Waals surface area contributed by atoms with Gasteiger partial charge in [-0.25, -0.2) is 0 Å². The molecule has 0 aromatic heterocycles. The summed E-state index contributed by atoms with van der Waals surface area (Å²) in [6.45, 7) is 0. The van der Waals surface area contributed by atoms with Crippen LogP contribution in [0.15, 0.2) is 29.4 Å². The Kier molecular flexibility index (Phi) is 2.85. The van der Waals surface area contributed by atoms with Gasteiger partial charge in [0, 0.05) is 18.6 Å². The van der Waals surface area contributed by atoms with Gasteiger partial charge in [-0.15, -0.1) is 0 Å². The Bertz CT molecular complexity index is 416. The summed E-state index contributed by atoms with van der Waals surface area (Å²) < 4.78 is 0.0628. The quantitative estimate of drug-likeness (QED) is 0.364. The summed E-state index contributed by atoms with van der Waals surface area (Å²) >= 11 is 2.15. The number of nitrogens with zero attached hydrogens (tertiary/aromatic N) is 2. The Labute approximate surface area is 99.4 Å². The lowest BCUT2D eigenvalue weighted by Gasteiger charge is -1.97. The van der Waals surface area contributed by atoms with Gasteiger partial charge >= 0.3 is 0 Å². The number of nitro groups is 1. The predicted octanol–water partition coefficient (Wildman–Crippen LogP) is 2.48. The normalized spacial score (nSPS) is 19.5. The van der Waals surface area contributed by atoms with Crippen molar-refractivity contribution >= 4 is 34.0 Å². The van der Waals surface area contributed by atoms with Crippen molar-refractivity contribution in [3.63, 3.8) is 0 Å². The van der Waals surface area contributed by atoms with Gasteiger partial charge in [-0.3, -0.25) is 10.1 Å². The highest BCUT2D eigenvalue weighted by atomic mass is 127. The summed E-state index contributed by atoms with van der Waals surface area (Å²) in [5.74, 6) is 0. The molecule has 1 aliphatic rings. The molecule has 0 saturated heterocycles. The highest BCUT2D eigenvalue weighted by Gasteiger charge is 2.19. The molecule has 78 valence electrons. The molecule has 0 aliphatic carbocycles. The Morgan fingerprint density at radius 1 is 1.47 bits per heavy atom. The zero-order valence-electron chi connectivity index (χ0n) is 7.59. The number of oxime groups is 1. The fourth-order valence-corrected chi connectivity index (χ4v) is 1.82. The third-order valence-electron chi connectivity index (χ3n) is 2.04. The number of rotatable bonds is 2. The zero-order chi connectivity index (χ0) is 10.8. The Morgan fingerprint density at radius 3 is 2.60 bits per heavy atom. The van der Waals surface area contributed by atoms with Crippen molar-refractivity contribution in [1.82, 2.24) is 0 Å². The van der Waals surface area contributed by atoms with E-state index < -0.39 is 4.92 Å². The number of hydrogen-bond donors (Lipinski definition) is 0. The van der Waals surface area contributed by atoms with E-state index in [1.807, 2.05) is 0 Å². The summed E-state index contributed by atoms with van der Waals surface area (Å²) in [5, 5.41) is 14.3. The number of alkyl halides is 1. The molecule has 5 nitrogen and oxygen atoms in total. The SMILES string of the molecule is O=[N+]([O-])c1ccc(C2=NOC(I)C2)cc1. The Hall–Kier alpha value is -1.18. The molecule has 6 heteroatoms. The molecule has 15 heavy (non-hydrogen) atoms. The maximum Gasteiger partial charge on any atom is 0.269 e. The van der Waals surface area contributed by atoms with Crippen LogP contribution in [0.1, 0.15) is 12.0 Å². The van der Waals surface area contributed by atoms with Crippen molar-refractivity contribution in [2.45, 2.75) is 10.5 Å². The summed E-state index contributed by atoms with van der Waals surface area (Å²) in [6, 6.07) is 6.32. The first kappa shape index (κ1) is 10.3. The molecular formula is C9H7IN2O3. The lowest BCUT2D eigenvalue weighted by molar-refractivity contribution is -0.384. The van der Waals surface area contributed by atoms with Crippen molar-refractivity contribution in [2.24, 2.45) is 5.16 Å². The molecule has 0 saturated carbocycles. The largest absolute Gasteiger partial charge is 0.381 e. The monoisotopic (exact) mass is 318 g/mol. The number of benzene rings is 1. The smallest absolute Gasteiger partial charge is 0.269 e. The van der Waals surface area contributed by atoms with Crippen LogP contribution < -0.4 is 0 Å². The summed E-state index contributed by atoms with van der Waals surface area (Å²) in [4.78, 5) is 15.1. The van der Waals surface area contributed by atoms with E-state index in [4.69, 9.17) is 4.84 Å². The molecule has 1 aromatic rings. The minimum absolute atomic E-state index is 0.0628. The Balaban J connectivity index is 2.21. The van der Waals surface area contributed by atoms with Gasteiger partial charge in [0.05, 0.1) is 10.6 Å². The van der Waals surface area contributed by atoms with E-state index in [-0.39, 0.29) is 9.80 Å². The lowest BCUT2D eigenvalue weighted by Crippen LogP contribution is -2.00. The van der Waals surface area contributed by atoms with E-state index in [2.05, 4.69) is 27.7 Å². The van der Waals surface area contributed by atoms with Crippen molar-refractivity contribution < 1.29 is 9.76 Å². The van der Waals surface area contributed by atoms with E-state index in [0.29, 0.717) is 0 Å². The fourth-order valence-electron chi connectivity index (χ4n) is 1.29. The Morgan fingerprint density at radius 2 is 2.13 bits per heavy atom. The summed E-state index contributed by atoms with van der Waals surface area (Å²) in [7, 11) is 0. The summed E-state index contributed by atoms with van der Waals surface area (Å²) in [6.07, 6.45) is 0.734. The van der Waals surface area contributed by atoms with Crippen LogP contribution in [0.5, 0.6) is 0 Å². The van der Waals surface area contributed by atoms with Gasteiger partial charge < -0.3 is 4.84 Å². The van der Waals surface area contributed by atoms with Crippen LogP contribution in [0.4, 0.5) is 5.69 Å². The van der Waals surface area contributed by atoms with E-state index in [1.165, 1.54) is 12.1 Å². The second-order valence-electron chi connectivity index (χ2n) is 3.06. The zero-order valence-corrected chi connectivity index (χ0v) is 9.75. The molecule has 1 unspecified atom stereocenters. The van der Waals surface area contributed by atoms with E-state index in [9.17, 15) is 10.1 Å². The molecule has 1 heterocycles. The molecule has 0 N–H and O–H groups in total. The first-order chi connectivity index (χ1) is 7.16. The minimum Gasteiger partial charge on any atom is -0.381 e. The van der Waals surface area contributed by atoms with Crippen molar-refractivity contribution in [3.05, 3.63) is 39.9 Å². The lowest BCUT2D eigenvalue weighted by atomic mass is 10.1. The van der Waals surface area contributed by atoms with Crippen LogP contribution >= 0.6 is 22.6 Å². The molecular weight excluding hydrogens is 311 g/mol. The second kappa shape index (κ2) is 4.13. The number of hydrogen-bond acceptors (Lipinski definition) is 4. The molecule has 1 aromatic carbocycles. The van der Waals surface area contributed by atoms with Gasteiger partial charge in [0.1, 0.15) is 0 Å². The first-order valence-corrected chi connectivity index (χ1v) is 5.53. The van der Waals surface area contributed by atoms with Crippen LogP contribution in [0.25, 0.3) is 0 Å². The molecule has 0 fully saturated rings. The van der Waals surface area contributed by atoms with Crippen LogP contribution in [-0.4, -0.2) is 14.7 Å². The molecule has 0 bridgehead atoms. The molecule has 0 amide bonds. The molecule has 0 radical (unpaired) electrons. The van der Waals surface area contributed by atoms with Gasteiger partial charge in [0.15, 0.2) is 4.11 Å². The van der Waals surface area contributed by atoms with Crippen molar-refractivity contribution in [2.75, 3.05) is 0 Å². The van der Waals surface area contributed by atoms with Gasteiger partial charge in [-0.05, 0) is 40.3 Å². The van der Waals surface area contributed by atoms with Crippen LogP contribution in [0.2, 0.25) is 0 Å². The van der Waals surface area contributed by atoms with Crippen molar-refractivity contribution in [1.29, 1.82) is 0 Å². The summed E-state index contributed by atoms with van der Waals surface area (Å²) in [5.41, 5.74) is 1.80. The van der Waals surface area contributed by atoms with Crippen molar-refractivity contribution in [3.8, 4) is 0 Å². The second-order valence-corrected chi connectivity index (χ2v) is 4.45. The number of nitro benzene ring substituents is 1. The van der Waals surface area contributed by atoms with Crippen LogP contribution in [0.3, 0.4) is 0 Å². The van der Waals surface area contributed by atoms with Gasteiger partial charge in [-0.2, -0.15) is 0 Å². The standard InChI is InChI=1S/C9H7IN2O3/c10-9-5-8(11-15-9)6-1-3-7(4-2-6)12(13)14/h1-4,9H,5H2. The highest BCUT2D eigenvalue weighted by Crippen LogP contribution is 2.22. The third-order valence-corrected chi connectivity index (χ3v) is 2.71. The van der Waals surface area contributed by atoms with Gasteiger partial charge in [0.2, 0.25) is 0 Å². The maximum absolute atomic E-state index is 10.4. The predicted molar refractivity (Wildman–Crippen MR) is 63.1 cm³/mol. The average Bonchev–Trinajstić information content (AvgIpc) is 2.65. The van der Waals surface area contributed by atoms with Crippen LogP contribution in [-0.2, 0) is 4.84 Å². The minimum atomic E-state index is -0.419. The third kappa shape index (κ3) is 2.25. The van der Waals surface area contributed by atoms with Crippen LogP contribution in [0, 0.1) is 10.1 Å². The average molecular weight is 318 g/mol. The fraction of sp³-hybridized carbons (Fsp3) is 0.222. The highest BCUT2D eigenvalue weighted by molar-refractivity contribution is 14.1. The number of halogens is 1. The van der Waals surface area contributed by atoms with E-state index in [1.54, 1.807) is 12.1 Å². The number of non-ortho nitro benzene ring substituents is 1.